The van der Waals surface area contributed by atoms with Gasteiger partial charge in [0.15, 0.2) is 0 Å². The van der Waals surface area contributed by atoms with Crippen LogP contribution in [0.4, 0.5) is 14.5 Å². The van der Waals surface area contributed by atoms with Gasteiger partial charge in [0.05, 0.1) is 6.04 Å². The highest BCUT2D eigenvalue weighted by molar-refractivity contribution is 6.35. The molecule has 1 fully saturated rings. The van der Waals surface area contributed by atoms with Crippen LogP contribution >= 0.6 is 34.8 Å². The molecule has 0 spiro atoms. The molecule has 0 bridgehead atoms. The fourth-order valence-electron chi connectivity index (χ4n) is 4.29. The lowest BCUT2D eigenvalue weighted by Gasteiger charge is -2.42. The van der Waals surface area contributed by atoms with Crippen molar-refractivity contribution in [1.82, 2.24) is 0 Å². The van der Waals surface area contributed by atoms with Crippen molar-refractivity contribution in [3.05, 3.63) is 98.5 Å². The van der Waals surface area contributed by atoms with Crippen LogP contribution in [0.2, 0.25) is 15.1 Å². The number of nitrogens with zero attached hydrogens (tertiary/aromatic N) is 1. The molecule has 1 nitrogen and oxygen atoms in total. The molecule has 1 aliphatic heterocycles. The minimum Gasteiger partial charge on any atom is -0.364 e. The number of halogens is 5. The maximum Gasteiger partial charge on any atom is 0.126 e. The van der Waals surface area contributed by atoms with Crippen molar-refractivity contribution >= 4 is 40.5 Å². The molecule has 0 saturated carbocycles. The molecule has 1 saturated heterocycles. The van der Waals surface area contributed by atoms with Crippen LogP contribution in [0.1, 0.15) is 30.0 Å². The molecule has 4 rings (SSSR count). The van der Waals surface area contributed by atoms with Gasteiger partial charge in [-0.15, -0.1) is 0 Å². The first-order chi connectivity index (χ1) is 14.4. The summed E-state index contributed by atoms with van der Waals surface area (Å²) in [7, 11) is 0. The van der Waals surface area contributed by atoms with Gasteiger partial charge in [0, 0.05) is 33.4 Å². The van der Waals surface area contributed by atoms with E-state index in [0.29, 0.717) is 27.1 Å². The molecular formula is C24H20Cl3F2N. The minimum atomic E-state index is -0.541. The molecule has 1 unspecified atom stereocenters. The first kappa shape index (κ1) is 21.4. The van der Waals surface area contributed by atoms with E-state index in [2.05, 4.69) is 4.90 Å². The normalized spacial score (nSPS) is 19.2. The van der Waals surface area contributed by atoms with Gasteiger partial charge in [-0.1, -0.05) is 40.9 Å². The van der Waals surface area contributed by atoms with Gasteiger partial charge in [-0.2, -0.15) is 0 Å². The SMILES string of the molecule is Fc1cc(F)cc(C[C@H]2CCC(c3ccc(Cl)cc3Cl)N(c3ccc(Cl)cc3)C2)c1. The second kappa shape index (κ2) is 9.13. The highest BCUT2D eigenvalue weighted by Gasteiger charge is 2.31. The lowest BCUT2D eigenvalue weighted by atomic mass is 9.85. The molecule has 1 heterocycles. The van der Waals surface area contributed by atoms with Crippen LogP contribution in [0.3, 0.4) is 0 Å². The summed E-state index contributed by atoms with van der Waals surface area (Å²) in [6, 6.07) is 17.1. The molecule has 0 radical (unpaired) electrons. The molecule has 3 aromatic rings. The Kier molecular flexibility index (Phi) is 6.52. The van der Waals surface area contributed by atoms with Gasteiger partial charge in [0.1, 0.15) is 11.6 Å². The minimum absolute atomic E-state index is 0.0800. The molecule has 1 aliphatic rings. The van der Waals surface area contributed by atoms with Crippen molar-refractivity contribution in [3.63, 3.8) is 0 Å². The van der Waals surface area contributed by atoms with Gasteiger partial charge < -0.3 is 4.90 Å². The molecule has 0 aliphatic carbocycles. The predicted molar refractivity (Wildman–Crippen MR) is 121 cm³/mol. The number of piperidine rings is 1. The van der Waals surface area contributed by atoms with Crippen molar-refractivity contribution in [3.8, 4) is 0 Å². The van der Waals surface area contributed by atoms with Crippen LogP contribution in [0.5, 0.6) is 0 Å². The van der Waals surface area contributed by atoms with Gasteiger partial charge in [-0.3, -0.25) is 0 Å². The molecule has 0 amide bonds. The summed E-state index contributed by atoms with van der Waals surface area (Å²) in [4.78, 5) is 2.30. The van der Waals surface area contributed by atoms with Crippen molar-refractivity contribution in [2.24, 2.45) is 5.92 Å². The second-order valence-corrected chi connectivity index (χ2v) is 9.02. The van der Waals surface area contributed by atoms with E-state index in [4.69, 9.17) is 34.8 Å². The third kappa shape index (κ3) is 4.91. The van der Waals surface area contributed by atoms with E-state index < -0.39 is 11.6 Å². The Morgan fingerprint density at radius 3 is 2.13 bits per heavy atom. The molecule has 156 valence electrons. The highest BCUT2D eigenvalue weighted by Crippen LogP contribution is 2.41. The summed E-state index contributed by atoms with van der Waals surface area (Å²) in [5, 5.41) is 1.91. The zero-order valence-corrected chi connectivity index (χ0v) is 18.4. The first-order valence-electron chi connectivity index (χ1n) is 9.81. The molecule has 2 atom stereocenters. The average molecular weight is 467 g/mol. The predicted octanol–water partition coefficient (Wildman–Crippen LogP) is 8.13. The summed E-state index contributed by atoms with van der Waals surface area (Å²) >= 11 is 18.7. The van der Waals surface area contributed by atoms with E-state index in [1.54, 1.807) is 6.07 Å². The molecular weight excluding hydrogens is 447 g/mol. The van der Waals surface area contributed by atoms with Crippen molar-refractivity contribution in [1.29, 1.82) is 0 Å². The lowest BCUT2D eigenvalue weighted by molar-refractivity contribution is 0.357. The topological polar surface area (TPSA) is 3.24 Å². The van der Waals surface area contributed by atoms with Gasteiger partial charge in [0.25, 0.3) is 0 Å². The Labute approximate surface area is 190 Å². The number of hydrogen-bond donors (Lipinski definition) is 0. The Hall–Kier alpha value is -1.81. The molecule has 0 aromatic heterocycles. The van der Waals surface area contributed by atoms with Gasteiger partial charge in [-0.25, -0.2) is 8.78 Å². The number of rotatable bonds is 4. The highest BCUT2D eigenvalue weighted by atomic mass is 35.5. The Bertz CT molecular complexity index is 1020. The average Bonchev–Trinajstić information content (AvgIpc) is 2.68. The summed E-state index contributed by atoms with van der Waals surface area (Å²) in [5.41, 5.74) is 2.73. The molecule has 3 aromatic carbocycles. The lowest BCUT2D eigenvalue weighted by Crippen LogP contribution is -2.39. The summed E-state index contributed by atoms with van der Waals surface area (Å²) in [6.45, 7) is 0.739. The van der Waals surface area contributed by atoms with Gasteiger partial charge in [0.2, 0.25) is 0 Å². The van der Waals surface area contributed by atoms with E-state index in [9.17, 15) is 8.78 Å². The number of anilines is 1. The Morgan fingerprint density at radius 1 is 0.800 bits per heavy atom. The maximum atomic E-state index is 13.6. The monoisotopic (exact) mass is 465 g/mol. The standard InChI is InChI=1S/C24H20Cl3F2N/c25-17-2-5-21(6-3-17)30-14-15(9-16-10-19(28)13-20(29)11-16)1-8-24(30)22-7-4-18(26)12-23(22)27/h2-7,10-13,15,24H,1,8-9,14H2/t15-,24?/m1/s1. The van der Waals surface area contributed by atoms with Crippen LogP contribution in [0.25, 0.3) is 0 Å². The Morgan fingerprint density at radius 2 is 1.47 bits per heavy atom. The van der Waals surface area contributed by atoms with Crippen molar-refractivity contribution in [2.75, 3.05) is 11.4 Å². The fraction of sp³-hybridized carbons (Fsp3) is 0.250. The summed E-state index contributed by atoms with van der Waals surface area (Å²) < 4.78 is 27.3. The van der Waals surface area contributed by atoms with E-state index in [1.165, 1.54) is 12.1 Å². The molecule has 0 N–H and O–H groups in total. The fourth-order valence-corrected chi connectivity index (χ4v) is 4.95. The van der Waals surface area contributed by atoms with E-state index in [1.807, 2.05) is 36.4 Å². The quantitative estimate of drug-likeness (QED) is 0.375. The van der Waals surface area contributed by atoms with Gasteiger partial charge >= 0.3 is 0 Å². The largest absolute Gasteiger partial charge is 0.364 e. The maximum absolute atomic E-state index is 13.6. The van der Waals surface area contributed by atoms with Crippen LogP contribution < -0.4 is 4.90 Å². The van der Waals surface area contributed by atoms with Crippen LogP contribution in [0.15, 0.2) is 60.7 Å². The van der Waals surface area contributed by atoms with Crippen LogP contribution in [-0.4, -0.2) is 6.54 Å². The Balaban J connectivity index is 1.63. The van der Waals surface area contributed by atoms with E-state index in [0.717, 1.165) is 36.7 Å². The zero-order chi connectivity index (χ0) is 21.3. The number of hydrogen-bond acceptors (Lipinski definition) is 1. The summed E-state index contributed by atoms with van der Waals surface area (Å²) in [5.74, 6) is -0.827. The molecule has 30 heavy (non-hydrogen) atoms. The third-order valence-electron chi connectivity index (χ3n) is 5.61. The number of benzene rings is 3. The van der Waals surface area contributed by atoms with E-state index in [-0.39, 0.29) is 12.0 Å². The zero-order valence-electron chi connectivity index (χ0n) is 16.1. The summed E-state index contributed by atoms with van der Waals surface area (Å²) in [6.07, 6.45) is 2.40. The van der Waals surface area contributed by atoms with Crippen molar-refractivity contribution in [2.45, 2.75) is 25.3 Å². The van der Waals surface area contributed by atoms with E-state index >= 15 is 0 Å². The van der Waals surface area contributed by atoms with Crippen LogP contribution in [0, 0.1) is 17.6 Å². The van der Waals surface area contributed by atoms with Crippen molar-refractivity contribution < 1.29 is 8.78 Å². The third-order valence-corrected chi connectivity index (χ3v) is 6.42. The first-order valence-corrected chi connectivity index (χ1v) is 10.9. The molecule has 6 heteroatoms. The van der Waals surface area contributed by atoms with Gasteiger partial charge in [-0.05, 0) is 84.8 Å². The second-order valence-electron chi connectivity index (χ2n) is 7.74. The smallest absolute Gasteiger partial charge is 0.126 e. The van der Waals surface area contributed by atoms with Crippen LogP contribution in [-0.2, 0) is 6.42 Å².